The Kier molecular flexibility index (Phi) is 4.97. The Balaban J connectivity index is 2.71. The Morgan fingerprint density at radius 2 is 1.89 bits per heavy atom. The molecule has 1 aromatic carbocycles. The van der Waals surface area contributed by atoms with Crippen LogP contribution in [0.5, 0.6) is 0 Å². The van der Waals surface area contributed by atoms with E-state index in [4.69, 9.17) is 5.73 Å². The van der Waals surface area contributed by atoms with E-state index >= 15 is 0 Å². The summed E-state index contributed by atoms with van der Waals surface area (Å²) in [5.74, 6) is -0.595. The van der Waals surface area contributed by atoms with Gasteiger partial charge in [0.05, 0.1) is 6.42 Å². The quantitative estimate of drug-likeness (QED) is 0.661. The number of alkyl halides is 3. The molecule has 19 heavy (non-hydrogen) atoms. The first-order valence-corrected chi connectivity index (χ1v) is 5.61. The molecule has 0 fully saturated rings. The van der Waals surface area contributed by atoms with Gasteiger partial charge in [-0.25, -0.2) is 0 Å². The lowest BCUT2D eigenvalue weighted by Crippen LogP contribution is -2.39. The van der Waals surface area contributed by atoms with E-state index < -0.39 is 18.6 Å². The van der Waals surface area contributed by atoms with E-state index in [0.29, 0.717) is 11.3 Å². The zero-order valence-corrected chi connectivity index (χ0v) is 10.3. The molecule has 0 bridgehead atoms. The van der Waals surface area contributed by atoms with Crippen molar-refractivity contribution in [3.63, 3.8) is 0 Å². The van der Waals surface area contributed by atoms with Gasteiger partial charge < -0.3 is 10.6 Å². The third-order valence-electron chi connectivity index (χ3n) is 2.41. The van der Waals surface area contributed by atoms with Gasteiger partial charge in [0.25, 0.3) is 0 Å². The van der Waals surface area contributed by atoms with E-state index in [9.17, 15) is 18.0 Å². The van der Waals surface area contributed by atoms with Crippen LogP contribution in [0.25, 0.3) is 0 Å². The van der Waals surface area contributed by atoms with Crippen LogP contribution in [0.15, 0.2) is 36.9 Å². The van der Waals surface area contributed by atoms with Crippen molar-refractivity contribution in [2.75, 3.05) is 18.8 Å². The minimum absolute atomic E-state index is 0.0931. The number of benzene rings is 1. The van der Waals surface area contributed by atoms with E-state index in [-0.39, 0.29) is 13.0 Å². The van der Waals surface area contributed by atoms with Crippen molar-refractivity contribution < 1.29 is 18.0 Å². The van der Waals surface area contributed by atoms with Gasteiger partial charge >= 0.3 is 6.18 Å². The van der Waals surface area contributed by atoms with Crippen LogP contribution in [0.2, 0.25) is 0 Å². The molecule has 0 radical (unpaired) electrons. The summed E-state index contributed by atoms with van der Waals surface area (Å²) in [5.41, 5.74) is 6.65. The molecule has 0 atom stereocenters. The molecule has 104 valence electrons. The third-order valence-corrected chi connectivity index (χ3v) is 2.41. The Bertz CT molecular complexity index is 440. The number of halogens is 3. The standard InChI is InChI=1S/C13H15F3N2O/c1-2-7-18(9-13(14,15)16)12(19)8-10-3-5-11(17)6-4-10/h2-6H,1,7-9,17H2. The zero-order valence-electron chi connectivity index (χ0n) is 10.3. The molecule has 0 saturated heterocycles. The van der Waals surface area contributed by atoms with Crippen molar-refractivity contribution in [3.8, 4) is 0 Å². The second-order valence-electron chi connectivity index (χ2n) is 4.10. The number of anilines is 1. The van der Waals surface area contributed by atoms with Crippen molar-refractivity contribution in [1.29, 1.82) is 0 Å². The number of nitrogens with two attached hydrogens (primary N) is 1. The number of hydrogen-bond acceptors (Lipinski definition) is 2. The second kappa shape index (κ2) is 6.26. The van der Waals surface area contributed by atoms with E-state index in [1.165, 1.54) is 6.08 Å². The first-order valence-electron chi connectivity index (χ1n) is 5.61. The fourth-order valence-corrected chi connectivity index (χ4v) is 1.55. The highest BCUT2D eigenvalue weighted by molar-refractivity contribution is 5.79. The van der Waals surface area contributed by atoms with Gasteiger partial charge in [-0.15, -0.1) is 6.58 Å². The molecule has 0 aromatic heterocycles. The highest BCUT2D eigenvalue weighted by Crippen LogP contribution is 2.17. The summed E-state index contributed by atoms with van der Waals surface area (Å²) in [4.78, 5) is 12.5. The monoisotopic (exact) mass is 272 g/mol. The molecule has 6 heteroatoms. The average molecular weight is 272 g/mol. The molecular formula is C13H15F3N2O. The van der Waals surface area contributed by atoms with Crippen molar-refractivity contribution in [2.24, 2.45) is 0 Å². The van der Waals surface area contributed by atoms with Crippen molar-refractivity contribution in [1.82, 2.24) is 4.90 Å². The number of carbonyl (C=O) groups excluding carboxylic acids is 1. The Labute approximate surface area is 109 Å². The van der Waals surface area contributed by atoms with Crippen molar-refractivity contribution in [2.45, 2.75) is 12.6 Å². The molecular weight excluding hydrogens is 257 g/mol. The lowest BCUT2D eigenvalue weighted by Gasteiger charge is -2.22. The normalized spacial score (nSPS) is 11.1. The Hall–Kier alpha value is -1.98. The maximum Gasteiger partial charge on any atom is 0.406 e. The van der Waals surface area contributed by atoms with Gasteiger partial charge in [0.2, 0.25) is 5.91 Å². The molecule has 0 aliphatic heterocycles. The molecule has 0 heterocycles. The van der Waals surface area contributed by atoms with Gasteiger partial charge in [-0.2, -0.15) is 13.2 Å². The fourth-order valence-electron chi connectivity index (χ4n) is 1.55. The second-order valence-corrected chi connectivity index (χ2v) is 4.10. The van der Waals surface area contributed by atoms with Crippen LogP contribution in [0.1, 0.15) is 5.56 Å². The number of carbonyl (C=O) groups is 1. The van der Waals surface area contributed by atoms with E-state index in [1.807, 2.05) is 0 Å². The predicted octanol–water partition coefficient (Wildman–Crippen LogP) is 2.39. The van der Waals surface area contributed by atoms with Crippen LogP contribution in [0, 0.1) is 0 Å². The van der Waals surface area contributed by atoms with Gasteiger partial charge in [0, 0.05) is 12.2 Å². The van der Waals surface area contributed by atoms with Crippen LogP contribution in [-0.2, 0) is 11.2 Å². The molecule has 0 aliphatic carbocycles. The van der Waals surface area contributed by atoms with Gasteiger partial charge in [-0.05, 0) is 17.7 Å². The predicted molar refractivity (Wildman–Crippen MR) is 67.4 cm³/mol. The number of hydrogen-bond donors (Lipinski definition) is 1. The highest BCUT2D eigenvalue weighted by atomic mass is 19.4. The highest BCUT2D eigenvalue weighted by Gasteiger charge is 2.32. The number of nitrogens with zero attached hydrogens (tertiary/aromatic N) is 1. The largest absolute Gasteiger partial charge is 0.406 e. The Morgan fingerprint density at radius 1 is 1.32 bits per heavy atom. The van der Waals surface area contributed by atoms with Crippen LogP contribution in [0.3, 0.4) is 0 Å². The minimum atomic E-state index is -4.42. The number of rotatable bonds is 5. The molecule has 0 spiro atoms. The molecule has 0 aliphatic rings. The molecule has 0 unspecified atom stereocenters. The SMILES string of the molecule is C=CCN(CC(F)(F)F)C(=O)Cc1ccc(N)cc1. The van der Waals surface area contributed by atoms with Gasteiger partial charge in [0.1, 0.15) is 6.54 Å². The van der Waals surface area contributed by atoms with Crippen molar-refractivity contribution in [3.05, 3.63) is 42.5 Å². The lowest BCUT2D eigenvalue weighted by atomic mass is 10.1. The van der Waals surface area contributed by atoms with Crippen LogP contribution >= 0.6 is 0 Å². The minimum Gasteiger partial charge on any atom is -0.399 e. The summed E-state index contributed by atoms with van der Waals surface area (Å²) >= 11 is 0. The first-order chi connectivity index (χ1) is 8.81. The number of amides is 1. The maximum atomic E-state index is 12.3. The Morgan fingerprint density at radius 3 is 2.37 bits per heavy atom. The molecule has 2 N–H and O–H groups in total. The average Bonchev–Trinajstić information content (AvgIpc) is 2.30. The lowest BCUT2D eigenvalue weighted by molar-refractivity contribution is -0.159. The van der Waals surface area contributed by atoms with Crippen LogP contribution in [-0.4, -0.2) is 30.1 Å². The van der Waals surface area contributed by atoms with Crippen LogP contribution in [0.4, 0.5) is 18.9 Å². The summed E-state index contributed by atoms with van der Waals surface area (Å²) in [6, 6.07) is 6.44. The fraction of sp³-hybridized carbons (Fsp3) is 0.308. The zero-order chi connectivity index (χ0) is 14.5. The number of nitrogen functional groups attached to an aromatic ring is 1. The smallest absolute Gasteiger partial charge is 0.399 e. The van der Waals surface area contributed by atoms with Gasteiger partial charge in [-0.1, -0.05) is 18.2 Å². The van der Waals surface area contributed by atoms with Gasteiger partial charge in [-0.3, -0.25) is 4.79 Å². The summed E-state index contributed by atoms with van der Waals surface area (Å²) in [5, 5.41) is 0. The summed E-state index contributed by atoms with van der Waals surface area (Å²) in [6.07, 6.45) is -3.24. The summed E-state index contributed by atoms with van der Waals surface area (Å²) in [7, 11) is 0. The summed E-state index contributed by atoms with van der Waals surface area (Å²) < 4.78 is 37.0. The van der Waals surface area contributed by atoms with Crippen LogP contribution < -0.4 is 5.73 Å². The molecule has 1 amide bonds. The maximum absolute atomic E-state index is 12.3. The van der Waals surface area contributed by atoms with E-state index in [0.717, 1.165) is 4.90 Å². The first kappa shape index (κ1) is 15.1. The van der Waals surface area contributed by atoms with Gasteiger partial charge in [0.15, 0.2) is 0 Å². The molecule has 0 saturated carbocycles. The molecule has 3 nitrogen and oxygen atoms in total. The topological polar surface area (TPSA) is 46.3 Å². The van der Waals surface area contributed by atoms with Crippen molar-refractivity contribution >= 4 is 11.6 Å². The third kappa shape index (κ3) is 5.46. The molecule has 1 rings (SSSR count). The summed E-state index contributed by atoms with van der Waals surface area (Å²) in [6.45, 7) is 1.95. The van der Waals surface area contributed by atoms with E-state index in [1.54, 1.807) is 24.3 Å². The molecule has 1 aromatic rings. The van der Waals surface area contributed by atoms with E-state index in [2.05, 4.69) is 6.58 Å².